The Morgan fingerprint density at radius 3 is 2.21 bits per heavy atom. The van der Waals surface area contributed by atoms with Gasteiger partial charge in [-0.2, -0.15) is 0 Å². The van der Waals surface area contributed by atoms with Gasteiger partial charge in [-0.15, -0.1) is 0 Å². The van der Waals surface area contributed by atoms with Gasteiger partial charge in [0.2, 0.25) is 0 Å². The zero-order chi connectivity index (χ0) is 10.6. The largest absolute Gasteiger partial charge is 0.0853 e. The average molecular weight is 194 g/mol. The lowest BCUT2D eigenvalue weighted by molar-refractivity contribution is 0.197. The molecule has 0 aromatic heterocycles. The first-order chi connectivity index (χ1) is 6.54. The highest BCUT2D eigenvalue weighted by Crippen LogP contribution is 2.39. The molecule has 0 bridgehead atoms. The van der Waals surface area contributed by atoms with Crippen molar-refractivity contribution in [3.8, 4) is 0 Å². The van der Waals surface area contributed by atoms with E-state index in [1.54, 1.807) is 5.57 Å². The van der Waals surface area contributed by atoms with Crippen LogP contribution in [0, 0.1) is 11.3 Å². The van der Waals surface area contributed by atoms with Crippen molar-refractivity contribution in [2.45, 2.75) is 66.2 Å². The summed E-state index contributed by atoms with van der Waals surface area (Å²) >= 11 is 0. The maximum atomic E-state index is 2.48. The van der Waals surface area contributed by atoms with Gasteiger partial charge in [0, 0.05) is 0 Å². The lowest BCUT2D eigenvalue weighted by Gasteiger charge is -2.34. The summed E-state index contributed by atoms with van der Waals surface area (Å²) in [6, 6.07) is 0. The van der Waals surface area contributed by atoms with Crippen molar-refractivity contribution >= 4 is 0 Å². The first-order valence-electron chi connectivity index (χ1n) is 6.22. The molecule has 0 aliphatic heterocycles. The van der Waals surface area contributed by atoms with E-state index in [0.29, 0.717) is 5.41 Å². The molecule has 0 heterocycles. The molecule has 1 fully saturated rings. The van der Waals surface area contributed by atoms with E-state index in [-0.39, 0.29) is 0 Å². The number of rotatable bonds is 2. The Labute approximate surface area is 89.8 Å². The Morgan fingerprint density at radius 1 is 1.21 bits per heavy atom. The smallest absolute Gasteiger partial charge is 0.0317 e. The minimum atomic E-state index is 0.524. The highest BCUT2D eigenvalue weighted by Gasteiger charge is 2.27. The molecule has 0 nitrogen and oxygen atoms in total. The van der Waals surface area contributed by atoms with Crippen LogP contribution in [0.15, 0.2) is 11.6 Å². The van der Waals surface area contributed by atoms with Gasteiger partial charge in [0.25, 0.3) is 0 Å². The Balaban J connectivity index is 2.38. The maximum Gasteiger partial charge on any atom is -0.0317 e. The normalized spacial score (nSPS) is 23.7. The molecule has 1 aliphatic carbocycles. The van der Waals surface area contributed by atoms with E-state index < -0.39 is 0 Å². The molecule has 14 heavy (non-hydrogen) atoms. The zero-order valence-electron chi connectivity index (χ0n) is 10.4. The number of unbranched alkanes of at least 4 members (excludes halogenated alkanes) is 1. The van der Waals surface area contributed by atoms with Crippen molar-refractivity contribution in [1.29, 1.82) is 0 Å². The van der Waals surface area contributed by atoms with Crippen LogP contribution in [0.25, 0.3) is 0 Å². The Hall–Kier alpha value is -0.260. The van der Waals surface area contributed by atoms with Crippen molar-refractivity contribution < 1.29 is 0 Å². The Kier molecular flexibility index (Phi) is 4.22. The molecule has 0 amide bonds. The molecule has 82 valence electrons. The topological polar surface area (TPSA) is 0 Å². The van der Waals surface area contributed by atoms with Crippen molar-refractivity contribution in [3.05, 3.63) is 11.6 Å². The van der Waals surface area contributed by atoms with Crippen LogP contribution < -0.4 is 0 Å². The van der Waals surface area contributed by atoms with Gasteiger partial charge in [0.05, 0.1) is 0 Å². The van der Waals surface area contributed by atoms with Gasteiger partial charge in [0.1, 0.15) is 0 Å². The summed E-state index contributed by atoms with van der Waals surface area (Å²) in [4.78, 5) is 0. The Bertz CT molecular complexity index is 183. The maximum absolute atomic E-state index is 2.48. The lowest BCUT2D eigenvalue weighted by Crippen LogP contribution is -2.23. The number of allylic oxidation sites excluding steroid dienone is 2. The first-order valence-corrected chi connectivity index (χ1v) is 6.22. The second-order valence-corrected chi connectivity index (χ2v) is 5.79. The standard InChI is InChI=1S/C14H26/c1-5-6-7-12-8-10-13(11-9-12)14(2,3)4/h7,13H,5-6,8-11H2,1-4H3. The van der Waals surface area contributed by atoms with E-state index in [1.165, 1.54) is 38.5 Å². The van der Waals surface area contributed by atoms with Gasteiger partial charge in [0.15, 0.2) is 0 Å². The summed E-state index contributed by atoms with van der Waals surface area (Å²) in [5, 5.41) is 0. The number of hydrogen-bond donors (Lipinski definition) is 0. The summed E-state index contributed by atoms with van der Waals surface area (Å²) in [5.74, 6) is 0.946. The molecule has 0 aromatic carbocycles. The Morgan fingerprint density at radius 2 is 1.79 bits per heavy atom. The molecule has 0 unspecified atom stereocenters. The molecule has 0 aromatic rings. The molecular weight excluding hydrogens is 168 g/mol. The van der Waals surface area contributed by atoms with Crippen LogP contribution in [0.4, 0.5) is 0 Å². The number of hydrogen-bond acceptors (Lipinski definition) is 0. The van der Waals surface area contributed by atoms with Gasteiger partial charge in [-0.3, -0.25) is 0 Å². The highest BCUT2D eigenvalue weighted by molar-refractivity contribution is 5.06. The molecule has 1 saturated carbocycles. The summed E-state index contributed by atoms with van der Waals surface area (Å²) in [5.41, 5.74) is 2.25. The predicted octanol–water partition coefficient (Wildman–Crippen LogP) is 4.95. The molecule has 0 atom stereocenters. The van der Waals surface area contributed by atoms with Crippen LogP contribution >= 0.6 is 0 Å². The van der Waals surface area contributed by atoms with Crippen molar-refractivity contribution in [2.24, 2.45) is 11.3 Å². The van der Waals surface area contributed by atoms with Crippen molar-refractivity contribution in [1.82, 2.24) is 0 Å². The highest BCUT2D eigenvalue weighted by atomic mass is 14.3. The first kappa shape index (κ1) is 11.8. The van der Waals surface area contributed by atoms with E-state index in [1.807, 2.05) is 0 Å². The molecule has 1 rings (SSSR count). The van der Waals surface area contributed by atoms with Crippen LogP contribution in [0.5, 0.6) is 0 Å². The van der Waals surface area contributed by atoms with Gasteiger partial charge in [-0.25, -0.2) is 0 Å². The molecule has 0 spiro atoms. The van der Waals surface area contributed by atoms with Gasteiger partial charge >= 0.3 is 0 Å². The monoisotopic (exact) mass is 194 g/mol. The van der Waals surface area contributed by atoms with Crippen LogP contribution in [-0.4, -0.2) is 0 Å². The quantitative estimate of drug-likeness (QED) is 0.546. The minimum absolute atomic E-state index is 0.524. The fraction of sp³-hybridized carbons (Fsp3) is 0.857. The van der Waals surface area contributed by atoms with Crippen molar-refractivity contribution in [2.75, 3.05) is 0 Å². The van der Waals surface area contributed by atoms with Crippen LogP contribution in [0.3, 0.4) is 0 Å². The fourth-order valence-corrected chi connectivity index (χ4v) is 2.41. The fourth-order valence-electron chi connectivity index (χ4n) is 2.41. The summed E-state index contributed by atoms with van der Waals surface area (Å²) < 4.78 is 0. The summed E-state index contributed by atoms with van der Waals surface area (Å²) in [7, 11) is 0. The summed E-state index contributed by atoms with van der Waals surface area (Å²) in [6.07, 6.45) is 10.6. The minimum Gasteiger partial charge on any atom is -0.0853 e. The van der Waals surface area contributed by atoms with Crippen LogP contribution in [-0.2, 0) is 0 Å². The van der Waals surface area contributed by atoms with Gasteiger partial charge in [-0.1, -0.05) is 45.8 Å². The third-order valence-electron chi connectivity index (χ3n) is 3.57. The van der Waals surface area contributed by atoms with Crippen LogP contribution in [0.2, 0.25) is 0 Å². The second-order valence-electron chi connectivity index (χ2n) is 5.79. The van der Waals surface area contributed by atoms with Crippen molar-refractivity contribution in [3.63, 3.8) is 0 Å². The summed E-state index contributed by atoms with van der Waals surface area (Å²) in [6.45, 7) is 9.42. The van der Waals surface area contributed by atoms with E-state index in [2.05, 4.69) is 33.8 Å². The molecule has 1 aliphatic rings. The van der Waals surface area contributed by atoms with E-state index in [4.69, 9.17) is 0 Å². The third kappa shape index (κ3) is 3.48. The molecule has 0 N–H and O–H groups in total. The van der Waals surface area contributed by atoms with E-state index >= 15 is 0 Å². The molecule has 0 saturated heterocycles. The predicted molar refractivity (Wildman–Crippen MR) is 64.4 cm³/mol. The third-order valence-corrected chi connectivity index (χ3v) is 3.57. The molecular formula is C14H26. The van der Waals surface area contributed by atoms with E-state index in [9.17, 15) is 0 Å². The lowest BCUT2D eigenvalue weighted by atomic mass is 9.71. The van der Waals surface area contributed by atoms with Crippen LogP contribution in [0.1, 0.15) is 66.2 Å². The van der Waals surface area contributed by atoms with Gasteiger partial charge in [-0.05, 0) is 43.4 Å². The SMILES string of the molecule is CCCC=C1CCC(C(C)(C)C)CC1. The average Bonchev–Trinajstić information content (AvgIpc) is 2.14. The van der Waals surface area contributed by atoms with E-state index in [0.717, 1.165) is 5.92 Å². The molecule has 0 radical (unpaired) electrons. The second kappa shape index (κ2) is 5.00. The van der Waals surface area contributed by atoms with Gasteiger partial charge < -0.3 is 0 Å². The zero-order valence-corrected chi connectivity index (χ0v) is 10.4. The molecule has 0 heteroatoms.